The summed E-state index contributed by atoms with van der Waals surface area (Å²) in [5.74, 6) is 0.617. The van der Waals surface area contributed by atoms with Gasteiger partial charge in [-0.25, -0.2) is 4.39 Å². The highest BCUT2D eigenvalue weighted by Gasteiger charge is 2.07. The molecule has 1 heterocycles. The number of hydrogen-bond donors (Lipinski definition) is 1. The Morgan fingerprint density at radius 1 is 1.57 bits per heavy atom. The third kappa shape index (κ3) is 3.64. The molecule has 0 fully saturated rings. The van der Waals surface area contributed by atoms with Crippen LogP contribution in [0.1, 0.15) is 24.5 Å². The topological polar surface area (TPSA) is 33.1 Å². The highest BCUT2D eigenvalue weighted by atomic mass is 32.2. The molecule has 1 atom stereocenters. The van der Waals surface area contributed by atoms with Crippen molar-refractivity contribution in [3.63, 3.8) is 0 Å². The number of aliphatic hydroxyl groups excluding tert-OH is 1. The summed E-state index contributed by atoms with van der Waals surface area (Å²) in [5, 5.41) is 9.66. The van der Waals surface area contributed by atoms with Crippen molar-refractivity contribution in [1.82, 2.24) is 4.98 Å². The fourth-order valence-corrected chi connectivity index (χ4v) is 1.65. The van der Waals surface area contributed by atoms with Gasteiger partial charge in [0.1, 0.15) is 5.82 Å². The summed E-state index contributed by atoms with van der Waals surface area (Å²) in [4.78, 5) is 3.69. The molecule has 0 aliphatic rings. The number of hydrogen-bond acceptors (Lipinski definition) is 3. The van der Waals surface area contributed by atoms with E-state index in [4.69, 9.17) is 0 Å². The molecule has 14 heavy (non-hydrogen) atoms. The number of rotatable bonds is 5. The maximum Gasteiger partial charge on any atom is 0.141 e. The Balaban J connectivity index is 2.47. The summed E-state index contributed by atoms with van der Waals surface area (Å²) in [6.45, 7) is 0. The summed E-state index contributed by atoms with van der Waals surface area (Å²) >= 11 is 1.74. The van der Waals surface area contributed by atoms with Crippen molar-refractivity contribution >= 4 is 11.8 Å². The first-order valence-electron chi connectivity index (χ1n) is 4.51. The van der Waals surface area contributed by atoms with Crippen molar-refractivity contribution in [3.8, 4) is 0 Å². The average molecular weight is 215 g/mol. The SMILES string of the molecule is CSCCCC(O)c1cncc(F)c1. The summed E-state index contributed by atoms with van der Waals surface area (Å²) < 4.78 is 12.7. The lowest BCUT2D eigenvalue weighted by Crippen LogP contribution is -1.99. The number of nitrogens with zero attached hydrogens (tertiary/aromatic N) is 1. The number of aliphatic hydroxyl groups is 1. The molecule has 0 aliphatic heterocycles. The largest absolute Gasteiger partial charge is 0.388 e. The van der Waals surface area contributed by atoms with Gasteiger partial charge in [0.15, 0.2) is 0 Å². The Morgan fingerprint density at radius 3 is 3.00 bits per heavy atom. The average Bonchev–Trinajstić information content (AvgIpc) is 2.18. The predicted octanol–water partition coefficient (Wildman–Crippen LogP) is 2.40. The maximum atomic E-state index is 12.7. The number of halogens is 1. The van der Waals surface area contributed by atoms with Crippen LogP contribution in [0, 0.1) is 5.82 Å². The molecule has 0 spiro atoms. The quantitative estimate of drug-likeness (QED) is 0.766. The molecule has 1 unspecified atom stereocenters. The van der Waals surface area contributed by atoms with Gasteiger partial charge in [0.05, 0.1) is 12.3 Å². The van der Waals surface area contributed by atoms with E-state index in [0.29, 0.717) is 12.0 Å². The summed E-state index contributed by atoms with van der Waals surface area (Å²) in [6, 6.07) is 1.33. The normalized spacial score (nSPS) is 12.8. The first-order valence-corrected chi connectivity index (χ1v) is 5.91. The van der Waals surface area contributed by atoms with Crippen molar-refractivity contribution in [2.45, 2.75) is 18.9 Å². The minimum absolute atomic E-state index is 0.397. The molecule has 1 aromatic heterocycles. The Kier molecular flexibility index (Phi) is 4.90. The summed E-state index contributed by atoms with van der Waals surface area (Å²) in [7, 11) is 0. The van der Waals surface area contributed by atoms with Gasteiger partial charge >= 0.3 is 0 Å². The zero-order chi connectivity index (χ0) is 10.4. The summed E-state index contributed by atoms with van der Waals surface area (Å²) in [6.07, 6.45) is 5.66. The lowest BCUT2D eigenvalue weighted by Gasteiger charge is -2.09. The second kappa shape index (κ2) is 5.98. The van der Waals surface area contributed by atoms with Crippen molar-refractivity contribution in [2.24, 2.45) is 0 Å². The van der Waals surface area contributed by atoms with Crippen LogP contribution >= 0.6 is 11.8 Å². The molecule has 1 N–H and O–H groups in total. The molecular weight excluding hydrogens is 201 g/mol. The molecular formula is C10H14FNOS. The van der Waals surface area contributed by atoms with Gasteiger partial charge < -0.3 is 5.11 Å². The molecule has 1 rings (SSSR count). The molecule has 0 aromatic carbocycles. The third-order valence-corrected chi connectivity index (χ3v) is 2.63. The van der Waals surface area contributed by atoms with E-state index in [-0.39, 0.29) is 0 Å². The molecule has 0 bridgehead atoms. The van der Waals surface area contributed by atoms with Gasteiger partial charge in [-0.3, -0.25) is 4.98 Å². The molecule has 0 amide bonds. The Hall–Kier alpha value is -0.610. The molecule has 78 valence electrons. The molecule has 2 nitrogen and oxygen atoms in total. The lowest BCUT2D eigenvalue weighted by atomic mass is 10.1. The minimum Gasteiger partial charge on any atom is -0.388 e. The second-order valence-corrected chi connectivity index (χ2v) is 4.07. The highest BCUT2D eigenvalue weighted by Crippen LogP contribution is 2.18. The van der Waals surface area contributed by atoms with Crippen LogP contribution in [0.2, 0.25) is 0 Å². The van der Waals surface area contributed by atoms with Gasteiger partial charge in [-0.2, -0.15) is 11.8 Å². The van der Waals surface area contributed by atoms with Crippen LogP contribution in [0.25, 0.3) is 0 Å². The first kappa shape index (κ1) is 11.5. The molecule has 0 aliphatic carbocycles. The summed E-state index contributed by atoms with van der Waals surface area (Å²) in [5.41, 5.74) is 0.561. The predicted molar refractivity (Wildman–Crippen MR) is 56.8 cm³/mol. The van der Waals surface area contributed by atoms with Crippen LogP contribution in [0.15, 0.2) is 18.5 Å². The van der Waals surface area contributed by atoms with Crippen molar-refractivity contribution in [3.05, 3.63) is 29.8 Å². The zero-order valence-electron chi connectivity index (χ0n) is 8.11. The van der Waals surface area contributed by atoms with Gasteiger partial charge in [-0.1, -0.05) is 0 Å². The van der Waals surface area contributed by atoms with E-state index in [1.807, 2.05) is 6.26 Å². The third-order valence-electron chi connectivity index (χ3n) is 1.94. The maximum absolute atomic E-state index is 12.7. The smallest absolute Gasteiger partial charge is 0.141 e. The monoisotopic (exact) mass is 215 g/mol. The van der Waals surface area contributed by atoms with Crippen molar-refractivity contribution in [2.75, 3.05) is 12.0 Å². The van der Waals surface area contributed by atoms with E-state index in [1.165, 1.54) is 12.3 Å². The Labute approximate surface area is 87.6 Å². The van der Waals surface area contributed by atoms with E-state index >= 15 is 0 Å². The Bertz CT molecular complexity index is 283. The minimum atomic E-state index is -0.592. The van der Waals surface area contributed by atoms with Gasteiger partial charge in [0, 0.05) is 11.8 Å². The molecule has 0 saturated heterocycles. The number of pyridine rings is 1. The standard InChI is InChI=1S/C10H14FNOS/c1-14-4-2-3-10(13)8-5-9(11)7-12-6-8/h5-7,10,13H,2-4H2,1H3. The van der Waals surface area contributed by atoms with E-state index in [0.717, 1.165) is 18.4 Å². The van der Waals surface area contributed by atoms with E-state index < -0.39 is 11.9 Å². The van der Waals surface area contributed by atoms with E-state index in [1.54, 1.807) is 11.8 Å². The van der Waals surface area contributed by atoms with Crippen molar-refractivity contribution < 1.29 is 9.50 Å². The molecule has 0 radical (unpaired) electrons. The van der Waals surface area contributed by atoms with Crippen LogP contribution < -0.4 is 0 Å². The van der Waals surface area contributed by atoms with Gasteiger partial charge in [0.25, 0.3) is 0 Å². The molecule has 0 saturated carbocycles. The highest BCUT2D eigenvalue weighted by molar-refractivity contribution is 7.98. The van der Waals surface area contributed by atoms with E-state index in [2.05, 4.69) is 4.98 Å². The van der Waals surface area contributed by atoms with Crippen molar-refractivity contribution in [1.29, 1.82) is 0 Å². The fourth-order valence-electron chi connectivity index (χ4n) is 1.20. The van der Waals surface area contributed by atoms with Gasteiger partial charge in [0.2, 0.25) is 0 Å². The van der Waals surface area contributed by atoms with Crippen LogP contribution in [0.4, 0.5) is 4.39 Å². The number of thioether (sulfide) groups is 1. The van der Waals surface area contributed by atoms with Gasteiger partial charge in [-0.15, -0.1) is 0 Å². The van der Waals surface area contributed by atoms with Crippen LogP contribution in [-0.4, -0.2) is 22.1 Å². The van der Waals surface area contributed by atoms with Crippen LogP contribution in [0.5, 0.6) is 0 Å². The molecule has 1 aromatic rings. The van der Waals surface area contributed by atoms with Gasteiger partial charge in [-0.05, 0) is 30.9 Å². The first-order chi connectivity index (χ1) is 6.74. The lowest BCUT2D eigenvalue weighted by molar-refractivity contribution is 0.166. The second-order valence-electron chi connectivity index (χ2n) is 3.09. The molecule has 4 heteroatoms. The number of aromatic nitrogens is 1. The zero-order valence-corrected chi connectivity index (χ0v) is 8.93. The van der Waals surface area contributed by atoms with Crippen LogP contribution in [-0.2, 0) is 0 Å². The Morgan fingerprint density at radius 2 is 2.36 bits per heavy atom. The van der Waals surface area contributed by atoms with Crippen LogP contribution in [0.3, 0.4) is 0 Å². The fraction of sp³-hybridized carbons (Fsp3) is 0.500. The van der Waals surface area contributed by atoms with E-state index in [9.17, 15) is 9.50 Å².